The Bertz CT molecular complexity index is 2460. The number of benzene rings is 4. The molecule has 1 fully saturated rings. The van der Waals surface area contributed by atoms with E-state index in [1.54, 1.807) is 42.1 Å². The molecule has 2 unspecified atom stereocenters. The van der Waals surface area contributed by atoms with Crippen molar-refractivity contribution >= 4 is 13.7 Å². The predicted octanol–water partition coefficient (Wildman–Crippen LogP) is 6.96. The van der Waals surface area contributed by atoms with Gasteiger partial charge in [0.15, 0.2) is 35.2 Å². The molecule has 0 aliphatic carbocycles. The van der Waals surface area contributed by atoms with Gasteiger partial charge in [-0.15, -0.1) is 4.67 Å². The molecule has 6 rings (SSSR count). The minimum absolute atomic E-state index is 0.0538. The van der Waals surface area contributed by atoms with Gasteiger partial charge in [0.05, 0.1) is 57.2 Å². The summed E-state index contributed by atoms with van der Waals surface area (Å²) in [5, 5.41) is 35.3. The van der Waals surface area contributed by atoms with Crippen molar-refractivity contribution in [2.75, 3.05) is 40.1 Å². The predicted molar refractivity (Wildman–Crippen MR) is 249 cm³/mol. The first-order chi connectivity index (χ1) is 31.6. The first-order valence-electron chi connectivity index (χ1n) is 21.5. The standard InChI is InChI=1S/C48H57N6O11P/c1-32(2)53(33(3)4)66(59,29-15-27-49)65-42-43(45(55)54(57)58)64-47(52-28-26-41(51-63-8)50-46(52)56,31-34-20-25-39(61-6)40(30-34)62-7)44(42)48(35-16-11-9-12-17-35,36-18-13-10-14-19-36)37-21-23-38(60-5)24-22-37/h9-14,16-26,28,30,32-33,42-45,55,59H,15,29,31H2,1-8H3/p+1/t42-,43+,44-,45?,47-,66?/m1/s1. The van der Waals surface area contributed by atoms with Gasteiger partial charge in [-0.2, -0.15) is 14.8 Å². The van der Waals surface area contributed by atoms with Gasteiger partial charge in [0, 0.05) is 24.7 Å². The van der Waals surface area contributed by atoms with Gasteiger partial charge < -0.3 is 24.1 Å². The fourth-order valence-corrected chi connectivity index (χ4v) is 12.6. The third kappa shape index (κ3) is 9.49. The SMILES string of the molecule is CONc1ccn([C@]2(Cc3ccc(OC)c(OC)c3)O[C@H](C(O)[N+](=O)[O-])[C@@H](O[P+](O)(CCC#N)N(C(C)C)C(C)C)[C@H]2C(c2ccccc2)(c2ccccc2)c2ccc(OC)cc2)c(=O)n1. The van der Waals surface area contributed by atoms with E-state index >= 15 is 4.79 Å². The van der Waals surface area contributed by atoms with Crippen LogP contribution in [0, 0.1) is 27.4 Å². The fraction of sp³-hybridized carbons (Fsp3) is 0.396. The van der Waals surface area contributed by atoms with Crippen LogP contribution in [0.1, 0.15) is 56.4 Å². The van der Waals surface area contributed by atoms with E-state index in [4.69, 9.17) is 28.3 Å². The summed E-state index contributed by atoms with van der Waals surface area (Å²) in [6.07, 6.45) is -5.12. The molecule has 350 valence electrons. The van der Waals surface area contributed by atoms with Crippen molar-refractivity contribution < 1.29 is 43.2 Å². The van der Waals surface area contributed by atoms with E-state index in [0.717, 1.165) is 0 Å². The largest absolute Gasteiger partial charge is 0.497 e. The molecule has 0 saturated carbocycles. The molecule has 6 atom stereocenters. The molecule has 3 N–H and O–H groups in total. The number of aromatic nitrogens is 2. The second-order valence-electron chi connectivity index (χ2n) is 16.4. The van der Waals surface area contributed by atoms with Crippen molar-refractivity contribution in [3.8, 4) is 23.3 Å². The van der Waals surface area contributed by atoms with E-state index < -0.39 is 54.0 Å². The van der Waals surface area contributed by atoms with Crippen LogP contribution in [0.4, 0.5) is 5.82 Å². The fourth-order valence-electron chi connectivity index (χ4n) is 9.68. The maximum atomic E-state index is 15.0. The van der Waals surface area contributed by atoms with Crippen molar-refractivity contribution in [1.29, 1.82) is 5.26 Å². The third-order valence-corrected chi connectivity index (χ3v) is 15.0. The van der Waals surface area contributed by atoms with E-state index in [9.17, 15) is 25.4 Å². The zero-order valence-corrected chi connectivity index (χ0v) is 39.2. The molecule has 2 heterocycles. The number of nitrogens with zero attached hydrogens (tertiary/aromatic N) is 5. The Balaban J connectivity index is 1.90. The van der Waals surface area contributed by atoms with Crippen LogP contribution >= 0.6 is 7.87 Å². The van der Waals surface area contributed by atoms with Crippen LogP contribution in [-0.2, 0) is 31.7 Å². The number of methoxy groups -OCH3 is 3. The van der Waals surface area contributed by atoms with Crippen LogP contribution in [-0.4, -0.2) is 94.3 Å². The van der Waals surface area contributed by atoms with Gasteiger partial charge in [-0.3, -0.25) is 19.5 Å². The molecule has 1 aromatic heterocycles. The molecule has 0 radical (unpaired) electrons. The molecule has 1 aliphatic rings. The smallest absolute Gasteiger partial charge is 0.351 e. The highest BCUT2D eigenvalue weighted by molar-refractivity contribution is 7.63. The van der Waals surface area contributed by atoms with Gasteiger partial charge in [-0.1, -0.05) is 78.9 Å². The Morgan fingerprint density at radius 1 is 0.909 bits per heavy atom. The molecule has 1 aliphatic heterocycles. The van der Waals surface area contributed by atoms with E-state index in [1.807, 2.05) is 100 Å². The maximum Gasteiger partial charge on any atom is 0.351 e. The highest BCUT2D eigenvalue weighted by atomic mass is 31.2. The number of nitrogens with one attached hydrogen (secondary N) is 1. The monoisotopic (exact) mass is 925 g/mol. The van der Waals surface area contributed by atoms with Gasteiger partial charge in [0.2, 0.25) is 0 Å². The van der Waals surface area contributed by atoms with Crippen molar-refractivity contribution in [3.63, 3.8) is 0 Å². The molecule has 0 spiro atoms. The Hall–Kier alpha value is -5.96. The van der Waals surface area contributed by atoms with Crippen molar-refractivity contribution in [2.24, 2.45) is 5.92 Å². The van der Waals surface area contributed by atoms with Crippen molar-refractivity contribution in [2.45, 2.75) is 82.2 Å². The van der Waals surface area contributed by atoms with Crippen LogP contribution in [0.5, 0.6) is 17.2 Å². The molecular formula is C48H58N6O11P+. The molecule has 1 saturated heterocycles. The minimum Gasteiger partial charge on any atom is -0.497 e. The molecule has 0 bridgehead atoms. The van der Waals surface area contributed by atoms with Gasteiger partial charge >= 0.3 is 19.8 Å². The summed E-state index contributed by atoms with van der Waals surface area (Å²) < 4.78 is 34.6. The molecule has 18 heteroatoms. The number of ether oxygens (including phenoxy) is 4. The summed E-state index contributed by atoms with van der Waals surface area (Å²) in [5.74, 6) is -0.0184. The van der Waals surface area contributed by atoms with E-state index in [1.165, 1.54) is 38.2 Å². The summed E-state index contributed by atoms with van der Waals surface area (Å²) in [7, 11) is 1.86. The summed E-state index contributed by atoms with van der Waals surface area (Å²) in [6.45, 7) is 7.52. The molecule has 17 nitrogen and oxygen atoms in total. The summed E-state index contributed by atoms with van der Waals surface area (Å²) in [4.78, 5) is 50.1. The van der Waals surface area contributed by atoms with Gasteiger partial charge in [0.1, 0.15) is 11.9 Å². The number of hydrogen-bond donors (Lipinski definition) is 3. The second kappa shape index (κ2) is 21.1. The maximum absolute atomic E-state index is 15.0. The first kappa shape index (κ1) is 49.5. The van der Waals surface area contributed by atoms with Crippen molar-refractivity contribution in [1.82, 2.24) is 14.2 Å². The number of rotatable bonds is 21. The minimum atomic E-state index is -4.03. The van der Waals surface area contributed by atoms with Gasteiger partial charge in [-0.25, -0.2) is 15.2 Å². The highest BCUT2D eigenvalue weighted by Crippen LogP contribution is 2.67. The Kier molecular flexibility index (Phi) is 15.8. The van der Waals surface area contributed by atoms with Crippen LogP contribution in [0.3, 0.4) is 0 Å². The number of hydrogen-bond acceptors (Lipinski definition) is 15. The van der Waals surface area contributed by atoms with E-state index in [2.05, 4.69) is 16.5 Å². The lowest BCUT2D eigenvalue weighted by atomic mass is 9.56. The van der Waals surface area contributed by atoms with E-state index in [-0.39, 0.29) is 36.9 Å². The van der Waals surface area contributed by atoms with Crippen LogP contribution < -0.4 is 25.4 Å². The average Bonchev–Trinajstić information content (AvgIpc) is 3.61. The lowest BCUT2D eigenvalue weighted by Gasteiger charge is -2.50. The summed E-state index contributed by atoms with van der Waals surface area (Å²) in [5.41, 5.74) is 0.474. The zero-order chi connectivity index (χ0) is 47.8. The Labute approximate surface area is 385 Å². The molecular weight excluding hydrogens is 868 g/mol. The molecule has 4 aromatic carbocycles. The van der Waals surface area contributed by atoms with Crippen LogP contribution in [0.25, 0.3) is 0 Å². The Morgan fingerprint density at radius 3 is 2.00 bits per heavy atom. The number of aliphatic hydroxyl groups is 1. The van der Waals surface area contributed by atoms with E-state index in [0.29, 0.717) is 39.5 Å². The zero-order valence-electron chi connectivity index (χ0n) is 38.3. The second-order valence-corrected chi connectivity index (χ2v) is 18.9. The highest BCUT2D eigenvalue weighted by Gasteiger charge is 2.72. The number of nitriles is 1. The normalized spacial score (nSPS) is 19.8. The van der Waals surface area contributed by atoms with Gasteiger partial charge in [0.25, 0.3) is 0 Å². The quantitative estimate of drug-likeness (QED) is 0.0223. The summed E-state index contributed by atoms with van der Waals surface area (Å²) >= 11 is 0. The number of aliphatic hydroxyl groups excluding tert-OH is 1. The molecule has 66 heavy (non-hydrogen) atoms. The average molecular weight is 926 g/mol. The first-order valence-corrected chi connectivity index (χ1v) is 23.2. The lowest BCUT2D eigenvalue weighted by molar-refractivity contribution is -0.585. The number of anilines is 1. The summed E-state index contributed by atoms with van der Waals surface area (Å²) in [6, 6.07) is 34.2. The molecule has 5 aromatic rings. The number of nitro groups is 1. The lowest BCUT2D eigenvalue weighted by Crippen LogP contribution is -2.58. The van der Waals surface area contributed by atoms with Gasteiger partial charge in [-0.05, 0) is 80.3 Å². The molecule has 0 amide bonds. The van der Waals surface area contributed by atoms with Crippen LogP contribution in [0.2, 0.25) is 0 Å². The third-order valence-electron chi connectivity index (χ3n) is 12.0. The van der Waals surface area contributed by atoms with Crippen LogP contribution in [0.15, 0.2) is 120 Å². The Morgan fingerprint density at radius 2 is 1.50 bits per heavy atom. The topological polar surface area (TPSA) is 213 Å². The van der Waals surface area contributed by atoms with Crippen molar-refractivity contribution in [3.05, 3.63) is 158 Å².